The fraction of sp³-hybridized carbons (Fsp3) is 0.294. The van der Waals surface area contributed by atoms with Gasteiger partial charge in [-0.2, -0.15) is 4.31 Å². The fourth-order valence-corrected chi connectivity index (χ4v) is 4.40. The normalized spacial score (nSPS) is 18.7. The van der Waals surface area contributed by atoms with Crippen LogP contribution in [0.25, 0.3) is 0 Å². The quantitative estimate of drug-likeness (QED) is 0.882. The molecule has 0 radical (unpaired) electrons. The van der Waals surface area contributed by atoms with Gasteiger partial charge in [-0.25, -0.2) is 8.42 Å². The molecule has 1 aliphatic rings. The van der Waals surface area contributed by atoms with Crippen LogP contribution >= 0.6 is 11.6 Å². The van der Waals surface area contributed by atoms with Crippen molar-refractivity contribution in [2.75, 3.05) is 19.6 Å². The Morgan fingerprint density at radius 2 is 1.88 bits per heavy atom. The van der Waals surface area contributed by atoms with Crippen LogP contribution in [0.1, 0.15) is 6.42 Å². The third-order valence-electron chi connectivity index (χ3n) is 4.11. The topological polar surface area (TPSA) is 72.6 Å². The van der Waals surface area contributed by atoms with Crippen LogP contribution in [0, 0.1) is 5.92 Å². The van der Waals surface area contributed by atoms with Crippen LogP contribution in [-0.4, -0.2) is 32.4 Å². The minimum absolute atomic E-state index is 0.239. The van der Waals surface area contributed by atoms with E-state index in [0.717, 1.165) is 6.42 Å². The molecule has 2 N–H and O–H groups in total. The second kappa shape index (κ2) is 7.11. The van der Waals surface area contributed by atoms with E-state index in [1.165, 1.54) is 4.31 Å². The fourth-order valence-electron chi connectivity index (χ4n) is 2.69. The molecule has 0 spiro atoms. The summed E-state index contributed by atoms with van der Waals surface area (Å²) in [6.07, 6.45) is 0.809. The summed E-state index contributed by atoms with van der Waals surface area (Å²) in [5, 5.41) is 0.499. The highest BCUT2D eigenvalue weighted by atomic mass is 35.5. The largest absolute Gasteiger partial charge is 0.456 e. The zero-order chi connectivity index (χ0) is 17.2. The highest BCUT2D eigenvalue weighted by Crippen LogP contribution is 2.30. The van der Waals surface area contributed by atoms with Crippen LogP contribution in [0.3, 0.4) is 0 Å². The van der Waals surface area contributed by atoms with Crippen molar-refractivity contribution in [1.82, 2.24) is 4.31 Å². The number of para-hydroxylation sites is 1. The minimum atomic E-state index is -3.48. The Morgan fingerprint density at radius 3 is 2.50 bits per heavy atom. The predicted molar refractivity (Wildman–Crippen MR) is 93.9 cm³/mol. The average Bonchev–Trinajstić information content (AvgIpc) is 3.07. The van der Waals surface area contributed by atoms with E-state index in [1.807, 2.05) is 12.1 Å². The van der Waals surface area contributed by atoms with Gasteiger partial charge in [-0.05, 0) is 55.3 Å². The highest BCUT2D eigenvalue weighted by molar-refractivity contribution is 7.89. The lowest BCUT2D eigenvalue weighted by molar-refractivity contribution is 0.458. The first-order valence-corrected chi connectivity index (χ1v) is 9.55. The van der Waals surface area contributed by atoms with E-state index in [4.69, 9.17) is 22.1 Å². The van der Waals surface area contributed by atoms with Gasteiger partial charge in [-0.15, -0.1) is 0 Å². The van der Waals surface area contributed by atoms with Crippen LogP contribution in [0.4, 0.5) is 0 Å². The van der Waals surface area contributed by atoms with Crippen molar-refractivity contribution in [2.24, 2.45) is 11.7 Å². The van der Waals surface area contributed by atoms with Gasteiger partial charge < -0.3 is 10.5 Å². The first kappa shape index (κ1) is 17.2. The Kier molecular flexibility index (Phi) is 5.10. The van der Waals surface area contributed by atoms with Gasteiger partial charge >= 0.3 is 0 Å². The van der Waals surface area contributed by atoms with Crippen LogP contribution in [-0.2, 0) is 10.0 Å². The molecule has 0 bridgehead atoms. The monoisotopic (exact) mass is 366 g/mol. The molecule has 7 heteroatoms. The van der Waals surface area contributed by atoms with Gasteiger partial charge in [0.1, 0.15) is 11.5 Å². The Balaban J connectivity index is 1.76. The molecule has 1 unspecified atom stereocenters. The number of halogens is 1. The van der Waals surface area contributed by atoms with Crippen molar-refractivity contribution in [3.8, 4) is 11.5 Å². The average molecular weight is 367 g/mol. The molecular formula is C17H19ClN2O3S. The van der Waals surface area contributed by atoms with E-state index in [1.54, 1.807) is 36.4 Å². The molecule has 2 aromatic carbocycles. The molecule has 0 amide bonds. The predicted octanol–water partition coefficient (Wildman–Crippen LogP) is 3.10. The van der Waals surface area contributed by atoms with Crippen molar-refractivity contribution in [2.45, 2.75) is 11.3 Å². The molecule has 24 heavy (non-hydrogen) atoms. The molecule has 1 aliphatic heterocycles. The van der Waals surface area contributed by atoms with Crippen LogP contribution in [0.15, 0.2) is 53.4 Å². The van der Waals surface area contributed by atoms with Crippen molar-refractivity contribution in [3.05, 3.63) is 53.6 Å². The second-order valence-electron chi connectivity index (χ2n) is 5.76. The molecule has 5 nitrogen and oxygen atoms in total. The van der Waals surface area contributed by atoms with E-state index >= 15 is 0 Å². The maximum absolute atomic E-state index is 12.6. The standard InChI is InChI=1S/C17H19ClN2O3S/c18-16-3-1-2-4-17(16)23-14-5-7-15(8-6-14)24(21,22)20-10-9-13(11-19)12-20/h1-8,13H,9-12,19H2. The van der Waals surface area contributed by atoms with Gasteiger partial charge in [0.15, 0.2) is 0 Å². The van der Waals surface area contributed by atoms with Crippen LogP contribution in [0.2, 0.25) is 5.02 Å². The van der Waals surface area contributed by atoms with Crippen LogP contribution in [0.5, 0.6) is 11.5 Å². The Labute approximate surface area is 147 Å². The lowest BCUT2D eigenvalue weighted by atomic mass is 10.1. The third-order valence-corrected chi connectivity index (χ3v) is 6.30. The molecule has 1 fully saturated rings. The van der Waals surface area contributed by atoms with Gasteiger partial charge in [0.2, 0.25) is 10.0 Å². The summed E-state index contributed by atoms with van der Waals surface area (Å²) >= 11 is 6.05. The highest BCUT2D eigenvalue weighted by Gasteiger charge is 2.31. The number of rotatable bonds is 5. The lowest BCUT2D eigenvalue weighted by Crippen LogP contribution is -2.29. The Bertz CT molecular complexity index is 809. The van der Waals surface area contributed by atoms with Crippen LogP contribution < -0.4 is 10.5 Å². The van der Waals surface area contributed by atoms with E-state index in [2.05, 4.69) is 0 Å². The molecule has 2 aromatic rings. The molecular weight excluding hydrogens is 348 g/mol. The molecule has 0 saturated carbocycles. The van der Waals surface area contributed by atoms with E-state index in [0.29, 0.717) is 36.2 Å². The Morgan fingerprint density at radius 1 is 1.17 bits per heavy atom. The van der Waals surface area contributed by atoms with E-state index < -0.39 is 10.0 Å². The van der Waals surface area contributed by atoms with Gasteiger partial charge in [0, 0.05) is 13.1 Å². The summed E-state index contributed by atoms with van der Waals surface area (Å²) in [6.45, 7) is 1.51. The summed E-state index contributed by atoms with van der Waals surface area (Å²) in [4.78, 5) is 0.256. The van der Waals surface area contributed by atoms with Crippen molar-refractivity contribution in [3.63, 3.8) is 0 Å². The van der Waals surface area contributed by atoms with Crippen molar-refractivity contribution < 1.29 is 13.2 Å². The zero-order valence-corrected chi connectivity index (χ0v) is 14.6. The summed E-state index contributed by atoms with van der Waals surface area (Å²) in [5.74, 6) is 1.30. The number of benzene rings is 2. The third kappa shape index (κ3) is 3.57. The van der Waals surface area contributed by atoms with Gasteiger partial charge in [0.25, 0.3) is 0 Å². The number of hydrogen-bond donors (Lipinski definition) is 1. The van der Waals surface area contributed by atoms with E-state index in [-0.39, 0.29) is 10.8 Å². The maximum atomic E-state index is 12.6. The molecule has 1 heterocycles. The molecule has 128 valence electrons. The maximum Gasteiger partial charge on any atom is 0.243 e. The van der Waals surface area contributed by atoms with E-state index in [9.17, 15) is 8.42 Å². The molecule has 3 rings (SSSR count). The number of ether oxygens (including phenoxy) is 1. The number of nitrogens with zero attached hydrogens (tertiary/aromatic N) is 1. The molecule has 1 atom stereocenters. The SMILES string of the molecule is NCC1CCN(S(=O)(=O)c2ccc(Oc3ccccc3Cl)cc2)C1. The molecule has 1 saturated heterocycles. The van der Waals surface area contributed by atoms with Gasteiger partial charge in [-0.3, -0.25) is 0 Å². The summed E-state index contributed by atoms with van der Waals surface area (Å²) in [7, 11) is -3.48. The Hall–Kier alpha value is -1.60. The zero-order valence-electron chi connectivity index (χ0n) is 13.1. The smallest absolute Gasteiger partial charge is 0.243 e. The van der Waals surface area contributed by atoms with Crippen molar-refractivity contribution in [1.29, 1.82) is 0 Å². The molecule has 0 aromatic heterocycles. The first-order chi connectivity index (χ1) is 11.5. The first-order valence-electron chi connectivity index (χ1n) is 7.73. The van der Waals surface area contributed by atoms with Gasteiger partial charge in [-0.1, -0.05) is 23.7 Å². The number of hydrogen-bond acceptors (Lipinski definition) is 4. The summed E-state index contributed by atoms with van der Waals surface area (Å²) in [6, 6.07) is 13.5. The number of sulfonamides is 1. The lowest BCUT2D eigenvalue weighted by Gasteiger charge is -2.16. The molecule has 0 aliphatic carbocycles. The number of nitrogens with two attached hydrogens (primary N) is 1. The minimum Gasteiger partial charge on any atom is -0.456 e. The van der Waals surface area contributed by atoms with Crippen molar-refractivity contribution >= 4 is 21.6 Å². The summed E-state index contributed by atoms with van der Waals surface area (Å²) in [5.41, 5.74) is 5.63. The summed E-state index contributed by atoms with van der Waals surface area (Å²) < 4.78 is 32.5. The second-order valence-corrected chi connectivity index (χ2v) is 8.10. The van der Waals surface area contributed by atoms with Gasteiger partial charge in [0.05, 0.1) is 9.92 Å².